The van der Waals surface area contributed by atoms with Crippen LogP contribution in [-0.2, 0) is 6.18 Å². The third kappa shape index (κ3) is 3.41. The second kappa shape index (κ2) is 6.20. The molecule has 4 nitrogen and oxygen atoms in total. The summed E-state index contributed by atoms with van der Waals surface area (Å²) in [7, 11) is 0. The van der Waals surface area contributed by atoms with E-state index in [-0.39, 0.29) is 23.7 Å². The molecule has 1 fully saturated rings. The third-order valence-corrected chi connectivity index (χ3v) is 4.39. The van der Waals surface area contributed by atoms with Crippen LogP contribution in [0, 0.1) is 6.92 Å². The summed E-state index contributed by atoms with van der Waals surface area (Å²) in [4.78, 5) is 14.7. The molecule has 0 saturated heterocycles. The SMILES string of the molecule is Cc1c(C(=O)N(C(C)C)C2CC2)cnn1-c1cccc(C(F)(F)F)c1. The van der Waals surface area contributed by atoms with Gasteiger partial charge in [-0.3, -0.25) is 4.79 Å². The maximum Gasteiger partial charge on any atom is 0.416 e. The number of amides is 1. The van der Waals surface area contributed by atoms with E-state index in [0.717, 1.165) is 25.0 Å². The monoisotopic (exact) mass is 351 g/mol. The highest BCUT2D eigenvalue weighted by Crippen LogP contribution is 2.32. The van der Waals surface area contributed by atoms with Crippen LogP contribution in [-0.4, -0.2) is 32.7 Å². The molecule has 0 spiro atoms. The highest BCUT2D eigenvalue weighted by molar-refractivity contribution is 5.95. The summed E-state index contributed by atoms with van der Waals surface area (Å²) in [6.45, 7) is 5.62. The van der Waals surface area contributed by atoms with Gasteiger partial charge in [-0.2, -0.15) is 18.3 Å². The van der Waals surface area contributed by atoms with Crippen LogP contribution in [0.4, 0.5) is 13.2 Å². The van der Waals surface area contributed by atoms with Gasteiger partial charge in [-0.15, -0.1) is 0 Å². The first-order chi connectivity index (χ1) is 11.7. The molecule has 1 aliphatic carbocycles. The van der Waals surface area contributed by atoms with Crippen LogP contribution in [0.5, 0.6) is 0 Å². The van der Waals surface area contributed by atoms with Gasteiger partial charge in [-0.05, 0) is 51.8 Å². The fourth-order valence-corrected chi connectivity index (χ4v) is 3.01. The predicted molar refractivity (Wildman–Crippen MR) is 87.6 cm³/mol. The molecular formula is C18H20F3N3O. The van der Waals surface area contributed by atoms with Crippen LogP contribution in [0.25, 0.3) is 5.69 Å². The highest BCUT2D eigenvalue weighted by atomic mass is 19.4. The van der Waals surface area contributed by atoms with Gasteiger partial charge in [-0.25, -0.2) is 4.68 Å². The van der Waals surface area contributed by atoms with Gasteiger partial charge in [0, 0.05) is 12.1 Å². The minimum absolute atomic E-state index is 0.0660. The van der Waals surface area contributed by atoms with E-state index in [1.54, 1.807) is 13.0 Å². The van der Waals surface area contributed by atoms with Crippen LogP contribution in [0.15, 0.2) is 30.5 Å². The van der Waals surface area contributed by atoms with E-state index in [1.807, 2.05) is 18.7 Å². The molecule has 0 aliphatic heterocycles. The molecule has 1 saturated carbocycles. The number of alkyl halides is 3. The Bertz CT molecular complexity index is 789. The minimum atomic E-state index is -4.42. The molecule has 1 aromatic carbocycles. The molecule has 1 aromatic heterocycles. The fourth-order valence-electron chi connectivity index (χ4n) is 3.01. The average molecular weight is 351 g/mol. The number of hydrogen-bond acceptors (Lipinski definition) is 2. The van der Waals surface area contributed by atoms with Gasteiger partial charge in [0.15, 0.2) is 0 Å². The van der Waals surface area contributed by atoms with Crippen molar-refractivity contribution in [1.29, 1.82) is 0 Å². The van der Waals surface area contributed by atoms with Crippen molar-refractivity contribution in [2.24, 2.45) is 0 Å². The van der Waals surface area contributed by atoms with Crippen molar-refractivity contribution in [2.45, 2.75) is 51.9 Å². The molecule has 1 aliphatic rings. The Morgan fingerprint density at radius 2 is 2.00 bits per heavy atom. The Morgan fingerprint density at radius 3 is 2.56 bits per heavy atom. The Labute approximate surface area is 144 Å². The predicted octanol–water partition coefficient (Wildman–Crippen LogP) is 4.21. The lowest BCUT2D eigenvalue weighted by Gasteiger charge is -2.26. The maximum atomic E-state index is 12.9. The van der Waals surface area contributed by atoms with E-state index in [4.69, 9.17) is 0 Å². The van der Waals surface area contributed by atoms with Gasteiger partial charge >= 0.3 is 6.18 Å². The number of hydrogen-bond donors (Lipinski definition) is 0. The summed E-state index contributed by atoms with van der Waals surface area (Å²) >= 11 is 0. The molecule has 1 amide bonds. The van der Waals surface area contributed by atoms with Crippen molar-refractivity contribution in [3.05, 3.63) is 47.3 Å². The number of benzene rings is 1. The van der Waals surface area contributed by atoms with Crippen molar-refractivity contribution in [3.63, 3.8) is 0 Å². The highest BCUT2D eigenvalue weighted by Gasteiger charge is 2.36. The summed E-state index contributed by atoms with van der Waals surface area (Å²) in [5, 5.41) is 4.15. The number of rotatable bonds is 4. The molecule has 0 unspecified atom stereocenters. The molecule has 134 valence electrons. The molecule has 1 heterocycles. The van der Waals surface area contributed by atoms with Gasteiger partial charge in [0.2, 0.25) is 0 Å². The summed E-state index contributed by atoms with van der Waals surface area (Å²) in [5.41, 5.74) is 0.511. The van der Waals surface area contributed by atoms with Crippen LogP contribution >= 0.6 is 0 Å². The fraction of sp³-hybridized carbons (Fsp3) is 0.444. The Balaban J connectivity index is 1.95. The third-order valence-electron chi connectivity index (χ3n) is 4.39. The normalized spacial score (nSPS) is 14.8. The van der Waals surface area contributed by atoms with Crippen LogP contribution in [0.2, 0.25) is 0 Å². The Kier molecular flexibility index (Phi) is 4.34. The number of carbonyl (C=O) groups is 1. The van der Waals surface area contributed by atoms with Gasteiger partial charge in [-0.1, -0.05) is 6.07 Å². The van der Waals surface area contributed by atoms with Crippen LogP contribution in [0.1, 0.15) is 48.3 Å². The zero-order chi connectivity index (χ0) is 18.4. The molecule has 2 aromatic rings. The lowest BCUT2D eigenvalue weighted by molar-refractivity contribution is -0.137. The van der Waals surface area contributed by atoms with Gasteiger partial charge in [0.25, 0.3) is 5.91 Å². The average Bonchev–Trinajstić information content (AvgIpc) is 3.27. The minimum Gasteiger partial charge on any atom is -0.333 e. The Hall–Kier alpha value is -2.31. The summed E-state index contributed by atoms with van der Waals surface area (Å²) in [5.74, 6) is -0.117. The molecule has 3 rings (SSSR count). The second-order valence-electron chi connectivity index (χ2n) is 6.64. The second-order valence-corrected chi connectivity index (χ2v) is 6.64. The van der Waals surface area contributed by atoms with E-state index in [9.17, 15) is 18.0 Å². The van der Waals surface area contributed by atoms with Gasteiger partial charge < -0.3 is 4.90 Å². The summed E-state index contributed by atoms with van der Waals surface area (Å²) in [6, 6.07) is 5.26. The molecule has 0 radical (unpaired) electrons. The Morgan fingerprint density at radius 1 is 1.32 bits per heavy atom. The number of halogens is 3. The number of aromatic nitrogens is 2. The van der Waals surface area contributed by atoms with Crippen molar-refractivity contribution in [2.75, 3.05) is 0 Å². The van der Waals surface area contributed by atoms with Crippen molar-refractivity contribution < 1.29 is 18.0 Å². The lowest BCUT2D eigenvalue weighted by atomic mass is 10.1. The lowest BCUT2D eigenvalue weighted by Crippen LogP contribution is -2.39. The topological polar surface area (TPSA) is 38.1 Å². The molecule has 0 atom stereocenters. The first-order valence-electron chi connectivity index (χ1n) is 8.25. The molecular weight excluding hydrogens is 331 g/mol. The van der Waals surface area contributed by atoms with Crippen molar-refractivity contribution >= 4 is 5.91 Å². The number of carbonyl (C=O) groups excluding carboxylic acids is 1. The standard InChI is InChI=1S/C18H20F3N3O/c1-11(2)23(14-7-8-14)17(25)16-10-22-24(12(16)3)15-6-4-5-13(9-15)18(19,20)21/h4-6,9-11,14H,7-8H2,1-3H3. The first kappa shape index (κ1) is 17.5. The first-order valence-corrected chi connectivity index (χ1v) is 8.25. The van der Waals surface area contributed by atoms with Crippen molar-refractivity contribution in [3.8, 4) is 5.69 Å². The molecule has 25 heavy (non-hydrogen) atoms. The largest absolute Gasteiger partial charge is 0.416 e. The molecule has 0 N–H and O–H groups in total. The number of nitrogens with zero attached hydrogens (tertiary/aromatic N) is 3. The smallest absolute Gasteiger partial charge is 0.333 e. The van der Waals surface area contributed by atoms with E-state index in [1.165, 1.54) is 16.9 Å². The zero-order valence-electron chi connectivity index (χ0n) is 14.3. The van der Waals surface area contributed by atoms with E-state index in [0.29, 0.717) is 11.3 Å². The zero-order valence-corrected chi connectivity index (χ0v) is 14.3. The molecule has 7 heteroatoms. The van der Waals surface area contributed by atoms with Crippen molar-refractivity contribution in [1.82, 2.24) is 14.7 Å². The quantitative estimate of drug-likeness (QED) is 0.827. The van der Waals surface area contributed by atoms with E-state index in [2.05, 4.69) is 5.10 Å². The van der Waals surface area contributed by atoms with Gasteiger partial charge in [0.1, 0.15) is 0 Å². The summed E-state index contributed by atoms with van der Waals surface area (Å²) < 4.78 is 40.1. The summed E-state index contributed by atoms with van der Waals surface area (Å²) in [6.07, 6.45) is -0.999. The van der Waals surface area contributed by atoms with Gasteiger partial charge in [0.05, 0.1) is 28.7 Å². The molecule has 0 bridgehead atoms. The van der Waals surface area contributed by atoms with Crippen LogP contribution < -0.4 is 0 Å². The van der Waals surface area contributed by atoms with E-state index < -0.39 is 11.7 Å². The van der Waals surface area contributed by atoms with Crippen LogP contribution in [0.3, 0.4) is 0 Å². The van der Waals surface area contributed by atoms with E-state index >= 15 is 0 Å². The maximum absolute atomic E-state index is 12.9.